The average Bonchev–Trinajstić information content (AvgIpc) is 2.58. The van der Waals surface area contributed by atoms with E-state index in [1.54, 1.807) is 7.11 Å². The van der Waals surface area contributed by atoms with E-state index < -0.39 is 0 Å². The minimum Gasteiger partial charge on any atom is -0.497 e. The number of anilines is 1. The van der Waals surface area contributed by atoms with Gasteiger partial charge in [0.15, 0.2) is 0 Å². The second-order valence-electron chi connectivity index (χ2n) is 5.73. The van der Waals surface area contributed by atoms with Gasteiger partial charge in [0, 0.05) is 23.2 Å². The summed E-state index contributed by atoms with van der Waals surface area (Å²) in [4.78, 5) is 4.72. The lowest BCUT2D eigenvalue weighted by Crippen LogP contribution is -2.38. The van der Waals surface area contributed by atoms with E-state index >= 15 is 0 Å². The number of methoxy groups -OCH3 is 1. The van der Waals surface area contributed by atoms with E-state index in [0.717, 1.165) is 30.0 Å². The van der Waals surface area contributed by atoms with Crippen LogP contribution in [0.5, 0.6) is 5.75 Å². The fraction of sp³-hybridized carbons (Fsp3) is 0.263. The SMILES string of the molecule is COc1ccc(CN2C=CCN(c3cccc(Br)c3C)C2)cc1. The summed E-state index contributed by atoms with van der Waals surface area (Å²) in [6.07, 6.45) is 4.40. The fourth-order valence-electron chi connectivity index (χ4n) is 2.83. The first kappa shape index (κ1) is 15.9. The Morgan fingerprint density at radius 3 is 2.65 bits per heavy atom. The van der Waals surface area contributed by atoms with Gasteiger partial charge in [-0.15, -0.1) is 0 Å². The second kappa shape index (κ2) is 7.09. The lowest BCUT2D eigenvalue weighted by atomic mass is 10.1. The van der Waals surface area contributed by atoms with Crippen molar-refractivity contribution in [1.29, 1.82) is 0 Å². The molecule has 2 aromatic carbocycles. The van der Waals surface area contributed by atoms with E-state index in [-0.39, 0.29) is 0 Å². The molecule has 3 nitrogen and oxygen atoms in total. The van der Waals surface area contributed by atoms with Gasteiger partial charge in [0.2, 0.25) is 0 Å². The summed E-state index contributed by atoms with van der Waals surface area (Å²) in [6.45, 7) is 4.88. The third kappa shape index (κ3) is 3.70. The van der Waals surface area contributed by atoms with Gasteiger partial charge in [-0.3, -0.25) is 0 Å². The molecule has 0 bridgehead atoms. The van der Waals surface area contributed by atoms with Gasteiger partial charge < -0.3 is 14.5 Å². The van der Waals surface area contributed by atoms with E-state index in [1.165, 1.54) is 16.8 Å². The molecule has 1 aliphatic rings. The number of hydrogen-bond donors (Lipinski definition) is 0. The molecule has 0 N–H and O–H groups in total. The number of nitrogens with zero attached hydrogens (tertiary/aromatic N) is 2. The highest BCUT2D eigenvalue weighted by atomic mass is 79.9. The molecule has 1 aliphatic heterocycles. The van der Waals surface area contributed by atoms with Crippen molar-refractivity contribution in [1.82, 2.24) is 4.90 Å². The molecule has 0 unspecified atom stereocenters. The Labute approximate surface area is 146 Å². The van der Waals surface area contributed by atoms with Crippen LogP contribution in [-0.2, 0) is 6.54 Å². The average molecular weight is 373 g/mol. The zero-order chi connectivity index (χ0) is 16.2. The summed E-state index contributed by atoms with van der Waals surface area (Å²) < 4.78 is 6.38. The molecule has 120 valence electrons. The molecular formula is C19H21BrN2O. The predicted octanol–water partition coefficient (Wildman–Crippen LogP) is 4.56. The maximum atomic E-state index is 5.22. The molecule has 0 radical (unpaired) electrons. The Kier molecular flexibility index (Phi) is 4.91. The first-order valence-corrected chi connectivity index (χ1v) is 8.50. The molecule has 0 amide bonds. The highest BCUT2D eigenvalue weighted by Crippen LogP contribution is 2.28. The topological polar surface area (TPSA) is 15.7 Å². The Hall–Kier alpha value is -1.94. The normalized spacial score (nSPS) is 14.2. The van der Waals surface area contributed by atoms with E-state index in [0.29, 0.717) is 0 Å². The Morgan fingerprint density at radius 1 is 1.13 bits per heavy atom. The third-order valence-electron chi connectivity index (χ3n) is 4.12. The van der Waals surface area contributed by atoms with Crippen molar-refractivity contribution >= 4 is 21.6 Å². The maximum absolute atomic E-state index is 5.22. The number of rotatable bonds is 4. The summed E-state index contributed by atoms with van der Waals surface area (Å²) >= 11 is 3.62. The van der Waals surface area contributed by atoms with Crippen LogP contribution in [0.2, 0.25) is 0 Å². The van der Waals surface area contributed by atoms with Gasteiger partial charge in [0.05, 0.1) is 13.8 Å². The molecule has 0 aliphatic carbocycles. The molecule has 0 saturated carbocycles. The molecule has 0 saturated heterocycles. The Bertz CT molecular complexity index is 697. The smallest absolute Gasteiger partial charge is 0.118 e. The molecule has 0 spiro atoms. The molecule has 23 heavy (non-hydrogen) atoms. The quantitative estimate of drug-likeness (QED) is 0.782. The molecular weight excluding hydrogens is 352 g/mol. The molecule has 0 atom stereocenters. The molecule has 4 heteroatoms. The summed E-state index contributed by atoms with van der Waals surface area (Å²) in [5.41, 5.74) is 3.85. The minimum atomic E-state index is 0.889. The van der Waals surface area contributed by atoms with Crippen LogP contribution in [0.4, 0.5) is 5.69 Å². The number of benzene rings is 2. The van der Waals surface area contributed by atoms with Gasteiger partial charge in [-0.1, -0.05) is 34.1 Å². The van der Waals surface area contributed by atoms with Gasteiger partial charge in [-0.25, -0.2) is 0 Å². The predicted molar refractivity (Wildman–Crippen MR) is 98.8 cm³/mol. The van der Waals surface area contributed by atoms with Gasteiger partial charge >= 0.3 is 0 Å². The van der Waals surface area contributed by atoms with Crippen LogP contribution in [0.1, 0.15) is 11.1 Å². The van der Waals surface area contributed by atoms with Gasteiger partial charge in [-0.05, 0) is 54.6 Å². The highest BCUT2D eigenvalue weighted by molar-refractivity contribution is 9.10. The Balaban J connectivity index is 1.71. The van der Waals surface area contributed by atoms with Crippen molar-refractivity contribution in [3.63, 3.8) is 0 Å². The van der Waals surface area contributed by atoms with Gasteiger partial charge in [0.1, 0.15) is 5.75 Å². The number of ether oxygens (including phenoxy) is 1. The van der Waals surface area contributed by atoms with E-state index in [2.05, 4.69) is 75.3 Å². The summed E-state index contributed by atoms with van der Waals surface area (Å²) in [7, 11) is 1.70. The van der Waals surface area contributed by atoms with Crippen molar-refractivity contribution < 1.29 is 4.74 Å². The number of halogens is 1. The van der Waals surface area contributed by atoms with Crippen molar-refractivity contribution in [3.8, 4) is 5.75 Å². The van der Waals surface area contributed by atoms with Gasteiger partial charge in [0.25, 0.3) is 0 Å². The molecule has 1 heterocycles. The van der Waals surface area contributed by atoms with Crippen LogP contribution in [0, 0.1) is 6.92 Å². The first-order chi connectivity index (χ1) is 11.2. The van der Waals surface area contributed by atoms with Crippen LogP contribution in [0.15, 0.2) is 59.2 Å². The fourth-order valence-corrected chi connectivity index (χ4v) is 3.18. The second-order valence-corrected chi connectivity index (χ2v) is 6.58. The van der Waals surface area contributed by atoms with Crippen LogP contribution in [0.3, 0.4) is 0 Å². The van der Waals surface area contributed by atoms with Gasteiger partial charge in [-0.2, -0.15) is 0 Å². The third-order valence-corrected chi connectivity index (χ3v) is 4.98. The minimum absolute atomic E-state index is 0.889. The van der Waals surface area contributed by atoms with E-state index in [9.17, 15) is 0 Å². The lowest BCUT2D eigenvalue weighted by Gasteiger charge is -2.35. The largest absolute Gasteiger partial charge is 0.497 e. The van der Waals surface area contributed by atoms with E-state index in [1.807, 2.05) is 12.1 Å². The van der Waals surface area contributed by atoms with Crippen molar-refractivity contribution in [2.45, 2.75) is 13.5 Å². The van der Waals surface area contributed by atoms with Crippen LogP contribution < -0.4 is 9.64 Å². The van der Waals surface area contributed by atoms with Crippen LogP contribution in [0.25, 0.3) is 0 Å². The molecule has 2 aromatic rings. The summed E-state index contributed by atoms with van der Waals surface area (Å²) in [6, 6.07) is 14.6. The van der Waals surface area contributed by atoms with Crippen LogP contribution >= 0.6 is 15.9 Å². The zero-order valence-electron chi connectivity index (χ0n) is 13.5. The zero-order valence-corrected chi connectivity index (χ0v) is 15.1. The van der Waals surface area contributed by atoms with Crippen LogP contribution in [-0.4, -0.2) is 25.2 Å². The summed E-state index contributed by atoms with van der Waals surface area (Å²) in [5, 5.41) is 0. The lowest BCUT2D eigenvalue weighted by molar-refractivity contribution is 0.354. The maximum Gasteiger partial charge on any atom is 0.118 e. The molecule has 3 rings (SSSR count). The Morgan fingerprint density at radius 2 is 1.91 bits per heavy atom. The number of hydrogen-bond acceptors (Lipinski definition) is 3. The van der Waals surface area contributed by atoms with Crippen molar-refractivity contribution in [2.75, 3.05) is 25.2 Å². The monoisotopic (exact) mass is 372 g/mol. The summed E-state index contributed by atoms with van der Waals surface area (Å²) in [5.74, 6) is 0.898. The standard InChI is InChI=1S/C19H21BrN2O/c1-15-18(20)5-3-6-19(15)22-12-4-11-21(14-22)13-16-7-9-17(23-2)10-8-16/h3-11H,12-14H2,1-2H3. The van der Waals surface area contributed by atoms with Crippen molar-refractivity contribution in [2.24, 2.45) is 0 Å². The first-order valence-electron chi connectivity index (χ1n) is 7.71. The van der Waals surface area contributed by atoms with E-state index in [4.69, 9.17) is 4.74 Å². The highest BCUT2D eigenvalue weighted by Gasteiger charge is 2.15. The molecule has 0 fully saturated rings. The van der Waals surface area contributed by atoms with Crippen molar-refractivity contribution in [3.05, 3.63) is 70.3 Å². The molecule has 0 aromatic heterocycles.